The molecule has 0 aromatic rings. The molecule has 0 unspecified atom stereocenters. The number of carbonyl (C=O) groups excluding carboxylic acids is 7. The highest BCUT2D eigenvalue weighted by atomic mass is 16.4. The molecule has 0 bridgehead atoms. The number of hydrogen-bond donors (Lipinski definition) is 7. The average Bonchev–Trinajstić information content (AvgIpc) is 3.95. The van der Waals surface area contributed by atoms with E-state index in [1.54, 1.807) is 13.8 Å². The van der Waals surface area contributed by atoms with Gasteiger partial charge in [-0.25, -0.2) is 4.79 Å². The van der Waals surface area contributed by atoms with Gasteiger partial charge in [-0.05, 0) is 76.5 Å². The third kappa shape index (κ3) is 11.9. The minimum atomic E-state index is -1.51. The summed E-state index contributed by atoms with van der Waals surface area (Å²) < 4.78 is 0. The number of likely N-dealkylation sites (tertiary alicyclic amines) is 3. The molecule has 3 rings (SSSR count). The second kappa shape index (κ2) is 20.9. The molecule has 0 aromatic carbocycles. The minimum absolute atomic E-state index is 0.0380. The molecule has 3 heterocycles. The quantitative estimate of drug-likeness (QED) is 0.0926. The van der Waals surface area contributed by atoms with E-state index in [-0.39, 0.29) is 50.2 Å². The van der Waals surface area contributed by atoms with Gasteiger partial charge in [0.05, 0.1) is 12.1 Å². The molecule has 3 aliphatic rings. The number of carboxylic acids is 1. The second-order valence-electron chi connectivity index (χ2n) is 16.7. The first kappa shape index (κ1) is 47.1. The van der Waals surface area contributed by atoms with Crippen LogP contribution in [0.1, 0.15) is 107 Å². The lowest BCUT2D eigenvalue weighted by molar-refractivity contribution is -0.152. The first-order valence-corrected chi connectivity index (χ1v) is 20.5. The van der Waals surface area contributed by atoms with Crippen LogP contribution in [-0.2, 0) is 38.4 Å². The molecule has 0 saturated carbocycles. The van der Waals surface area contributed by atoms with E-state index in [0.717, 1.165) is 0 Å². The molecule has 322 valence electrons. The van der Waals surface area contributed by atoms with Crippen LogP contribution in [0.3, 0.4) is 0 Å². The lowest BCUT2D eigenvalue weighted by atomic mass is 9.95. The van der Waals surface area contributed by atoms with Crippen molar-refractivity contribution in [3.63, 3.8) is 0 Å². The zero-order chi connectivity index (χ0) is 42.9. The number of rotatable bonds is 18. The summed E-state index contributed by atoms with van der Waals surface area (Å²) in [5.41, 5.74) is 6.04. The summed E-state index contributed by atoms with van der Waals surface area (Å²) in [5.74, 6) is -5.69. The third-order valence-corrected chi connectivity index (χ3v) is 11.4. The molecule has 7 amide bonds. The Morgan fingerprint density at radius 3 is 1.72 bits per heavy atom. The number of aliphatic carboxylic acids is 1. The Morgan fingerprint density at radius 1 is 0.667 bits per heavy atom. The molecule has 0 aliphatic carbocycles. The summed E-state index contributed by atoms with van der Waals surface area (Å²) in [7, 11) is 0. The van der Waals surface area contributed by atoms with Gasteiger partial charge in [-0.1, -0.05) is 48.0 Å². The van der Waals surface area contributed by atoms with E-state index in [2.05, 4.69) is 21.3 Å². The van der Waals surface area contributed by atoms with Crippen LogP contribution < -0.4 is 27.0 Å². The normalized spacial score (nSPS) is 23.3. The molecule has 18 heteroatoms. The van der Waals surface area contributed by atoms with E-state index in [9.17, 15) is 48.6 Å². The van der Waals surface area contributed by atoms with Crippen LogP contribution >= 0.6 is 0 Å². The Hall–Kier alpha value is -4.32. The van der Waals surface area contributed by atoms with E-state index >= 15 is 0 Å². The minimum Gasteiger partial charge on any atom is -0.480 e. The molecule has 57 heavy (non-hydrogen) atoms. The molecular weight excluding hydrogens is 740 g/mol. The standard InChI is InChI=1S/C39H66N8O10/c1-9-22(6)30(43-33(50)29(40)21(4)5)34(51)42-25(19-20(2)3)37(54)45-16-10-13-26(45)32(49)44-31(24(8)48)35(52)41-23(7)36(53)46-17-11-14-27(46)38(55)47-18-12-15-28(47)39(56)57/h20-31,48H,9-19,40H2,1-8H3,(H,41,52)(H,42,51)(H,43,50)(H,44,49)(H,56,57)/t22-,23-,24+,25-,26-,27-,28-,29-,30-,31-/m0/s1. The maximum absolute atomic E-state index is 14.1. The Balaban J connectivity index is 1.70. The van der Waals surface area contributed by atoms with Gasteiger partial charge in [0.2, 0.25) is 41.4 Å². The average molecular weight is 807 g/mol. The fourth-order valence-electron chi connectivity index (χ4n) is 7.75. The van der Waals surface area contributed by atoms with Crippen LogP contribution in [0.5, 0.6) is 0 Å². The lowest BCUT2D eigenvalue weighted by Crippen LogP contribution is -2.61. The summed E-state index contributed by atoms with van der Waals surface area (Å²) in [4.78, 5) is 111. The number of nitrogens with zero attached hydrogens (tertiary/aromatic N) is 3. The Labute approximate surface area is 335 Å². The van der Waals surface area contributed by atoms with Crippen molar-refractivity contribution in [3.05, 3.63) is 0 Å². The van der Waals surface area contributed by atoms with E-state index in [1.807, 2.05) is 27.7 Å². The number of amides is 7. The second-order valence-corrected chi connectivity index (χ2v) is 16.7. The van der Waals surface area contributed by atoms with Crippen LogP contribution in [0.15, 0.2) is 0 Å². The van der Waals surface area contributed by atoms with E-state index in [1.165, 1.54) is 28.5 Å². The van der Waals surface area contributed by atoms with Crippen molar-refractivity contribution in [2.75, 3.05) is 19.6 Å². The largest absolute Gasteiger partial charge is 0.480 e. The van der Waals surface area contributed by atoms with Gasteiger partial charge in [-0.3, -0.25) is 33.6 Å². The maximum Gasteiger partial charge on any atom is 0.326 e. The van der Waals surface area contributed by atoms with Crippen molar-refractivity contribution < 1.29 is 48.6 Å². The molecule has 8 N–H and O–H groups in total. The molecule has 3 aliphatic heterocycles. The fourth-order valence-corrected chi connectivity index (χ4v) is 7.75. The number of nitrogens with two attached hydrogens (primary N) is 1. The van der Waals surface area contributed by atoms with Gasteiger partial charge in [0.15, 0.2) is 0 Å². The fraction of sp³-hybridized carbons (Fsp3) is 0.795. The van der Waals surface area contributed by atoms with Crippen molar-refractivity contribution in [1.82, 2.24) is 36.0 Å². The molecule has 0 radical (unpaired) electrons. The van der Waals surface area contributed by atoms with E-state index in [0.29, 0.717) is 38.5 Å². The van der Waals surface area contributed by atoms with Crippen molar-refractivity contribution in [3.8, 4) is 0 Å². The van der Waals surface area contributed by atoms with E-state index in [4.69, 9.17) is 5.73 Å². The summed E-state index contributed by atoms with van der Waals surface area (Å²) in [6.07, 6.45) is 1.85. The number of aliphatic hydroxyl groups excluding tert-OH is 1. The SMILES string of the molecule is CC[C@H](C)[C@H](NC(=O)[C@@H](N)C(C)C)C(=O)N[C@@H](CC(C)C)C(=O)N1CCC[C@H]1C(=O)N[C@H](C(=O)N[C@@H](C)C(=O)N1CCC[C@H]1C(=O)N1CCC[C@H]1C(=O)O)[C@@H](C)O. The number of carboxylic acid groups (broad SMARTS) is 1. The Morgan fingerprint density at radius 2 is 1.19 bits per heavy atom. The first-order valence-electron chi connectivity index (χ1n) is 20.5. The van der Waals surface area contributed by atoms with Crippen molar-refractivity contribution in [2.24, 2.45) is 23.5 Å². The predicted molar refractivity (Wildman–Crippen MR) is 209 cm³/mol. The number of carbonyl (C=O) groups is 8. The maximum atomic E-state index is 14.1. The van der Waals surface area contributed by atoms with Crippen LogP contribution in [-0.4, -0.2) is 146 Å². The van der Waals surface area contributed by atoms with Gasteiger partial charge in [0.25, 0.3) is 0 Å². The zero-order valence-corrected chi connectivity index (χ0v) is 34.8. The lowest BCUT2D eigenvalue weighted by Gasteiger charge is -2.33. The molecule has 0 aromatic heterocycles. The number of aliphatic hydroxyl groups is 1. The monoisotopic (exact) mass is 806 g/mol. The molecule has 3 fully saturated rings. The predicted octanol–water partition coefficient (Wildman–Crippen LogP) is -0.541. The molecule has 0 spiro atoms. The van der Waals surface area contributed by atoms with Crippen LogP contribution in [0.2, 0.25) is 0 Å². The van der Waals surface area contributed by atoms with Crippen LogP contribution in [0.4, 0.5) is 0 Å². The molecule has 18 nitrogen and oxygen atoms in total. The smallest absolute Gasteiger partial charge is 0.326 e. The summed E-state index contributed by atoms with van der Waals surface area (Å²) >= 11 is 0. The summed E-state index contributed by atoms with van der Waals surface area (Å²) in [6, 6.07) is -8.34. The highest BCUT2D eigenvalue weighted by Crippen LogP contribution is 2.26. The van der Waals surface area contributed by atoms with Crippen molar-refractivity contribution in [1.29, 1.82) is 0 Å². The van der Waals surface area contributed by atoms with Crippen LogP contribution in [0.25, 0.3) is 0 Å². The summed E-state index contributed by atoms with van der Waals surface area (Å²) in [5, 5.41) is 30.9. The van der Waals surface area contributed by atoms with Gasteiger partial charge in [-0.2, -0.15) is 0 Å². The third-order valence-electron chi connectivity index (χ3n) is 11.4. The van der Waals surface area contributed by atoms with Crippen molar-refractivity contribution >= 4 is 47.3 Å². The Bertz CT molecular complexity index is 1490. The van der Waals surface area contributed by atoms with Gasteiger partial charge in [0.1, 0.15) is 42.3 Å². The number of hydrogen-bond acceptors (Lipinski definition) is 10. The topological polar surface area (TPSA) is 261 Å². The molecule has 3 saturated heterocycles. The highest BCUT2D eigenvalue weighted by molar-refractivity contribution is 5.98. The van der Waals surface area contributed by atoms with Gasteiger partial charge in [-0.15, -0.1) is 0 Å². The molecule has 10 atom stereocenters. The Kier molecular flexibility index (Phi) is 17.3. The molecular formula is C39H66N8O10. The number of nitrogens with one attached hydrogen (secondary N) is 4. The first-order chi connectivity index (χ1) is 26.7. The van der Waals surface area contributed by atoms with Gasteiger partial charge < -0.3 is 51.9 Å². The van der Waals surface area contributed by atoms with E-state index < -0.39 is 102 Å². The van der Waals surface area contributed by atoms with Crippen molar-refractivity contribution in [2.45, 2.75) is 161 Å². The van der Waals surface area contributed by atoms with Crippen LogP contribution in [0, 0.1) is 17.8 Å². The summed E-state index contributed by atoms with van der Waals surface area (Å²) in [6.45, 7) is 14.5. The zero-order valence-electron chi connectivity index (χ0n) is 34.8. The van der Waals surface area contributed by atoms with Gasteiger partial charge in [0, 0.05) is 19.6 Å². The highest BCUT2D eigenvalue weighted by Gasteiger charge is 2.44. The van der Waals surface area contributed by atoms with Gasteiger partial charge >= 0.3 is 5.97 Å².